The van der Waals surface area contributed by atoms with Crippen LogP contribution in [0.3, 0.4) is 0 Å². The molecule has 0 radical (unpaired) electrons. The van der Waals surface area contributed by atoms with E-state index in [9.17, 15) is 0 Å². The molecule has 0 aliphatic heterocycles. The molecule has 1 aromatic rings. The first kappa shape index (κ1) is 37.8. The smallest absolute Gasteiger partial charge is 0.119 e. The topological polar surface area (TPSA) is 73.8 Å². The second-order valence-corrected chi connectivity index (χ2v) is 10.1. The lowest BCUT2D eigenvalue weighted by molar-refractivity contribution is -0.0199. The number of hydrogen-bond acceptors (Lipinski definition) is 8. The van der Waals surface area contributed by atoms with E-state index >= 15 is 0 Å². The molecular weight excluding hydrogens is 524 g/mol. The molecule has 41 heavy (non-hydrogen) atoms. The van der Waals surface area contributed by atoms with Crippen LogP contribution in [0.1, 0.15) is 76.7 Å². The molecule has 0 heterocycles. The number of unbranched alkanes of at least 4 members (excludes halogenated alkanes) is 9. The minimum atomic E-state index is 0.536. The fourth-order valence-electron chi connectivity index (χ4n) is 4.13. The van der Waals surface area contributed by atoms with Crippen molar-refractivity contribution in [1.82, 2.24) is 0 Å². The molecule has 8 heteroatoms. The van der Waals surface area contributed by atoms with E-state index in [1.165, 1.54) is 69.8 Å². The number of aryl methyl sites for hydroxylation is 1. The average Bonchev–Trinajstić information content (AvgIpc) is 2.99. The van der Waals surface area contributed by atoms with Crippen LogP contribution >= 0.6 is 0 Å². The summed E-state index contributed by atoms with van der Waals surface area (Å²) in [5, 5.41) is 0. The van der Waals surface area contributed by atoms with Gasteiger partial charge in [0, 0.05) is 7.11 Å². The quantitative estimate of drug-likeness (QED) is 0.0895. The highest BCUT2D eigenvalue weighted by atomic mass is 16.6. The number of methoxy groups -OCH3 is 1. The van der Waals surface area contributed by atoms with Crippen molar-refractivity contribution in [2.75, 3.05) is 99.6 Å². The van der Waals surface area contributed by atoms with Gasteiger partial charge in [0.25, 0.3) is 0 Å². The van der Waals surface area contributed by atoms with Crippen molar-refractivity contribution in [1.29, 1.82) is 0 Å². The summed E-state index contributed by atoms with van der Waals surface area (Å²) in [4.78, 5) is 0. The molecule has 0 aliphatic carbocycles. The Balaban J connectivity index is 1.78. The second-order valence-electron chi connectivity index (χ2n) is 10.1. The molecule has 1 aromatic carbocycles. The molecule has 0 N–H and O–H groups in total. The third-order valence-corrected chi connectivity index (χ3v) is 6.53. The second kappa shape index (κ2) is 31.7. The summed E-state index contributed by atoms with van der Waals surface area (Å²) in [7, 11) is 1.65. The van der Waals surface area contributed by atoms with Crippen LogP contribution in [0.5, 0.6) is 5.75 Å². The van der Waals surface area contributed by atoms with E-state index in [0.717, 1.165) is 12.2 Å². The summed E-state index contributed by atoms with van der Waals surface area (Å²) >= 11 is 0. The number of benzene rings is 1. The van der Waals surface area contributed by atoms with Gasteiger partial charge in [-0.05, 0) is 30.5 Å². The van der Waals surface area contributed by atoms with Gasteiger partial charge < -0.3 is 37.9 Å². The summed E-state index contributed by atoms with van der Waals surface area (Å²) in [6, 6.07) is 8.50. The van der Waals surface area contributed by atoms with Crippen LogP contribution in [0.25, 0.3) is 0 Å². The summed E-state index contributed by atoms with van der Waals surface area (Å²) in [6.45, 7) is 10.0. The molecule has 0 amide bonds. The van der Waals surface area contributed by atoms with Crippen LogP contribution in [0.4, 0.5) is 0 Å². The molecule has 0 aromatic heterocycles. The van der Waals surface area contributed by atoms with Gasteiger partial charge in [-0.25, -0.2) is 0 Å². The van der Waals surface area contributed by atoms with Crippen LogP contribution in [0.2, 0.25) is 0 Å². The van der Waals surface area contributed by atoms with E-state index in [-0.39, 0.29) is 0 Å². The monoisotopic (exact) mass is 584 g/mol. The van der Waals surface area contributed by atoms with Crippen molar-refractivity contribution in [3.05, 3.63) is 29.8 Å². The Morgan fingerprint density at radius 2 is 0.780 bits per heavy atom. The van der Waals surface area contributed by atoms with Gasteiger partial charge in [0.15, 0.2) is 0 Å². The summed E-state index contributed by atoms with van der Waals surface area (Å²) in [5.41, 5.74) is 1.39. The Kier molecular flexibility index (Phi) is 29.2. The van der Waals surface area contributed by atoms with Crippen molar-refractivity contribution >= 4 is 0 Å². The molecule has 0 aliphatic rings. The highest BCUT2D eigenvalue weighted by molar-refractivity contribution is 5.27. The van der Waals surface area contributed by atoms with E-state index in [4.69, 9.17) is 37.9 Å². The Morgan fingerprint density at radius 3 is 1.20 bits per heavy atom. The lowest BCUT2D eigenvalue weighted by atomic mass is 10.0. The van der Waals surface area contributed by atoms with Crippen molar-refractivity contribution < 1.29 is 37.9 Å². The number of rotatable bonds is 33. The third kappa shape index (κ3) is 27.3. The van der Waals surface area contributed by atoms with E-state index in [2.05, 4.69) is 31.2 Å². The zero-order chi connectivity index (χ0) is 29.3. The summed E-state index contributed by atoms with van der Waals surface area (Å²) in [6.07, 6.45) is 14.9. The fourth-order valence-corrected chi connectivity index (χ4v) is 4.13. The molecule has 0 unspecified atom stereocenters. The van der Waals surface area contributed by atoms with Crippen LogP contribution < -0.4 is 4.74 Å². The molecule has 8 nitrogen and oxygen atoms in total. The molecule has 0 fully saturated rings. The normalized spacial score (nSPS) is 11.4. The van der Waals surface area contributed by atoms with Gasteiger partial charge in [-0.3, -0.25) is 0 Å². The van der Waals surface area contributed by atoms with E-state index in [1.807, 2.05) is 0 Å². The Bertz CT molecular complexity index is 628. The van der Waals surface area contributed by atoms with Gasteiger partial charge in [-0.1, -0.05) is 76.8 Å². The predicted octanol–water partition coefficient (Wildman–Crippen LogP) is 6.27. The first-order valence-electron chi connectivity index (χ1n) is 16.0. The molecule has 240 valence electrons. The van der Waals surface area contributed by atoms with E-state index in [1.54, 1.807) is 7.11 Å². The highest BCUT2D eigenvalue weighted by Crippen LogP contribution is 2.15. The Morgan fingerprint density at radius 1 is 0.415 bits per heavy atom. The predicted molar refractivity (Wildman–Crippen MR) is 164 cm³/mol. The SMILES string of the molecule is CCCCCCCCCCCCc1ccc(OCCOCCOCCOCCOCCOCCOCCOC)cc1. The van der Waals surface area contributed by atoms with Gasteiger partial charge in [0.05, 0.1) is 85.9 Å². The summed E-state index contributed by atoms with van der Waals surface area (Å²) in [5.74, 6) is 0.897. The number of hydrogen-bond donors (Lipinski definition) is 0. The zero-order valence-corrected chi connectivity index (χ0v) is 26.3. The van der Waals surface area contributed by atoms with Crippen molar-refractivity contribution in [2.45, 2.75) is 77.6 Å². The molecule has 0 spiro atoms. The first-order valence-corrected chi connectivity index (χ1v) is 16.0. The van der Waals surface area contributed by atoms with Gasteiger partial charge in [0.2, 0.25) is 0 Å². The maximum Gasteiger partial charge on any atom is 0.119 e. The molecule has 0 saturated heterocycles. The lowest BCUT2D eigenvalue weighted by Gasteiger charge is -2.09. The van der Waals surface area contributed by atoms with Crippen molar-refractivity contribution in [2.24, 2.45) is 0 Å². The Hall–Kier alpha value is -1.26. The van der Waals surface area contributed by atoms with Crippen LogP contribution in [-0.4, -0.2) is 99.6 Å². The van der Waals surface area contributed by atoms with Gasteiger partial charge in [-0.15, -0.1) is 0 Å². The minimum absolute atomic E-state index is 0.536. The lowest BCUT2D eigenvalue weighted by Crippen LogP contribution is -2.15. The fraction of sp³-hybridized carbons (Fsp3) is 0.818. The van der Waals surface area contributed by atoms with Gasteiger partial charge in [0.1, 0.15) is 12.4 Å². The highest BCUT2D eigenvalue weighted by Gasteiger charge is 1.99. The number of ether oxygens (including phenoxy) is 8. The van der Waals surface area contributed by atoms with E-state index in [0.29, 0.717) is 92.5 Å². The average molecular weight is 585 g/mol. The van der Waals surface area contributed by atoms with Gasteiger partial charge >= 0.3 is 0 Å². The maximum atomic E-state index is 5.79. The van der Waals surface area contributed by atoms with E-state index < -0.39 is 0 Å². The largest absolute Gasteiger partial charge is 0.491 e. The minimum Gasteiger partial charge on any atom is -0.491 e. The first-order chi connectivity index (χ1) is 20.4. The van der Waals surface area contributed by atoms with Crippen LogP contribution in [-0.2, 0) is 39.6 Å². The van der Waals surface area contributed by atoms with Gasteiger partial charge in [-0.2, -0.15) is 0 Å². The molecule has 0 bridgehead atoms. The van der Waals surface area contributed by atoms with Crippen LogP contribution in [0.15, 0.2) is 24.3 Å². The third-order valence-electron chi connectivity index (χ3n) is 6.53. The maximum absolute atomic E-state index is 5.79. The molecule has 0 atom stereocenters. The molecular formula is C33H60O8. The van der Waals surface area contributed by atoms with Crippen molar-refractivity contribution in [3.8, 4) is 5.75 Å². The molecule has 0 saturated carbocycles. The molecule has 1 rings (SSSR count). The van der Waals surface area contributed by atoms with Crippen molar-refractivity contribution in [3.63, 3.8) is 0 Å². The standard InChI is InChI=1S/C33H60O8/c1-3-4-5-6-7-8-9-10-11-12-13-32-14-16-33(17-15-32)41-31-30-40-29-28-39-27-26-38-25-24-37-23-22-36-21-20-35-19-18-34-2/h14-17H,3-13,18-31H2,1-2H3. The summed E-state index contributed by atoms with van der Waals surface area (Å²) < 4.78 is 43.5. The Labute approximate surface area is 250 Å². The van der Waals surface area contributed by atoms with Crippen LogP contribution in [0, 0.1) is 0 Å². The zero-order valence-electron chi connectivity index (χ0n) is 26.3.